The standard InChI is InChI=1S/C26H30N2O2/c1-17(29)15-28-9-8-20-14-26-24(13-21(20)16-28)23-12-19(6-7-25(23)27-26)10-18-4-3-5-22(11-18)30-2/h3-7,11-12,20-21,27,29H,1,8-10,13-16H2,2H3. The second-order valence-corrected chi connectivity index (χ2v) is 9.01. The molecule has 1 aromatic heterocycles. The van der Waals surface area contributed by atoms with E-state index in [9.17, 15) is 5.11 Å². The van der Waals surface area contributed by atoms with Crippen LogP contribution in [0.15, 0.2) is 54.8 Å². The summed E-state index contributed by atoms with van der Waals surface area (Å²) in [6.45, 7) is 6.40. The van der Waals surface area contributed by atoms with Gasteiger partial charge in [0.15, 0.2) is 0 Å². The van der Waals surface area contributed by atoms with Crippen LogP contribution in [0.5, 0.6) is 5.75 Å². The SMILES string of the molecule is C=C(O)CN1CCC2Cc3[nH]c4ccc(Cc5cccc(OC)c5)cc4c3CC2C1. The van der Waals surface area contributed by atoms with Crippen LogP contribution in [0.4, 0.5) is 0 Å². The zero-order valence-electron chi connectivity index (χ0n) is 17.7. The molecule has 1 aliphatic carbocycles. The van der Waals surface area contributed by atoms with Crippen LogP contribution in [0.3, 0.4) is 0 Å². The van der Waals surface area contributed by atoms with Gasteiger partial charge >= 0.3 is 0 Å². The molecule has 0 spiro atoms. The van der Waals surface area contributed by atoms with Crippen molar-refractivity contribution in [1.29, 1.82) is 0 Å². The Morgan fingerprint density at radius 1 is 1.17 bits per heavy atom. The summed E-state index contributed by atoms with van der Waals surface area (Å²) in [5, 5.41) is 11.0. The number of rotatable bonds is 5. The molecule has 30 heavy (non-hydrogen) atoms. The molecule has 2 unspecified atom stereocenters. The molecule has 4 nitrogen and oxygen atoms in total. The number of aliphatic hydroxyl groups is 1. The van der Waals surface area contributed by atoms with E-state index in [4.69, 9.17) is 4.74 Å². The van der Waals surface area contributed by atoms with E-state index < -0.39 is 0 Å². The minimum Gasteiger partial charge on any atom is -0.512 e. The number of benzene rings is 2. The molecule has 2 N–H and O–H groups in total. The number of aliphatic hydroxyl groups excluding tert-OH is 1. The minimum absolute atomic E-state index is 0.277. The Bertz CT molecular complexity index is 1080. The first-order valence-electron chi connectivity index (χ1n) is 10.9. The molecular formula is C26H30N2O2. The summed E-state index contributed by atoms with van der Waals surface area (Å²) in [4.78, 5) is 6.07. The number of nitrogens with zero attached hydrogens (tertiary/aromatic N) is 1. The van der Waals surface area contributed by atoms with Gasteiger partial charge in [0, 0.05) is 23.1 Å². The maximum atomic E-state index is 9.60. The van der Waals surface area contributed by atoms with E-state index in [-0.39, 0.29) is 5.76 Å². The first kappa shape index (κ1) is 19.3. The Hall–Kier alpha value is -2.72. The van der Waals surface area contributed by atoms with E-state index >= 15 is 0 Å². The van der Waals surface area contributed by atoms with Gasteiger partial charge in [-0.3, -0.25) is 4.90 Å². The highest BCUT2D eigenvalue weighted by Crippen LogP contribution is 2.39. The largest absolute Gasteiger partial charge is 0.512 e. The number of ether oxygens (including phenoxy) is 1. The molecule has 2 aromatic carbocycles. The summed E-state index contributed by atoms with van der Waals surface area (Å²) in [6, 6.07) is 15.2. The minimum atomic E-state index is 0.277. The molecule has 156 valence electrons. The Labute approximate surface area is 178 Å². The maximum absolute atomic E-state index is 9.60. The third-order valence-corrected chi connectivity index (χ3v) is 6.92. The third-order valence-electron chi connectivity index (χ3n) is 6.92. The molecule has 0 bridgehead atoms. The predicted octanol–water partition coefficient (Wildman–Crippen LogP) is 4.88. The number of piperidine rings is 1. The molecule has 2 heterocycles. The van der Waals surface area contributed by atoms with Crippen molar-refractivity contribution >= 4 is 10.9 Å². The van der Waals surface area contributed by atoms with Gasteiger partial charge in [0.05, 0.1) is 19.4 Å². The lowest BCUT2D eigenvalue weighted by Crippen LogP contribution is -2.44. The molecule has 2 atom stereocenters. The summed E-state index contributed by atoms with van der Waals surface area (Å²) in [5.74, 6) is 2.59. The van der Waals surface area contributed by atoms with Gasteiger partial charge in [-0.15, -0.1) is 0 Å². The molecule has 1 aliphatic heterocycles. The summed E-state index contributed by atoms with van der Waals surface area (Å²) in [6.07, 6.45) is 4.38. The van der Waals surface area contributed by atoms with Crippen LogP contribution in [0.1, 0.15) is 28.8 Å². The van der Waals surface area contributed by atoms with E-state index in [1.807, 2.05) is 6.07 Å². The number of nitrogens with one attached hydrogen (secondary N) is 1. The Morgan fingerprint density at radius 2 is 2.03 bits per heavy atom. The molecule has 2 aliphatic rings. The van der Waals surface area contributed by atoms with Crippen molar-refractivity contribution in [3.63, 3.8) is 0 Å². The third kappa shape index (κ3) is 3.72. The smallest absolute Gasteiger partial charge is 0.119 e. The lowest BCUT2D eigenvalue weighted by atomic mass is 9.74. The zero-order chi connectivity index (χ0) is 20.7. The van der Waals surface area contributed by atoms with Crippen molar-refractivity contribution in [1.82, 2.24) is 9.88 Å². The Balaban J connectivity index is 1.40. The van der Waals surface area contributed by atoms with Gasteiger partial charge in [-0.25, -0.2) is 0 Å². The number of fused-ring (bicyclic) bond motifs is 4. The summed E-state index contributed by atoms with van der Waals surface area (Å²) in [7, 11) is 1.72. The number of aromatic nitrogens is 1. The topological polar surface area (TPSA) is 48.5 Å². The zero-order valence-corrected chi connectivity index (χ0v) is 17.7. The van der Waals surface area contributed by atoms with Gasteiger partial charge in [0.2, 0.25) is 0 Å². The van der Waals surface area contributed by atoms with E-state index in [1.165, 1.54) is 39.7 Å². The quantitative estimate of drug-likeness (QED) is 0.598. The normalized spacial score (nSPS) is 21.2. The molecule has 0 radical (unpaired) electrons. The number of hydrogen-bond donors (Lipinski definition) is 2. The van der Waals surface area contributed by atoms with Crippen LogP contribution in [-0.4, -0.2) is 41.7 Å². The molecule has 5 rings (SSSR count). The molecule has 0 amide bonds. The van der Waals surface area contributed by atoms with E-state index in [0.29, 0.717) is 12.5 Å². The number of methoxy groups -OCH3 is 1. The number of aromatic amines is 1. The second-order valence-electron chi connectivity index (χ2n) is 9.01. The summed E-state index contributed by atoms with van der Waals surface area (Å²) in [5.41, 5.74) is 6.80. The fraction of sp³-hybridized carbons (Fsp3) is 0.385. The maximum Gasteiger partial charge on any atom is 0.119 e. The first-order chi connectivity index (χ1) is 14.6. The fourth-order valence-corrected chi connectivity index (χ4v) is 5.47. The summed E-state index contributed by atoms with van der Waals surface area (Å²) >= 11 is 0. The lowest BCUT2D eigenvalue weighted by molar-refractivity contribution is 0.110. The van der Waals surface area contributed by atoms with Gasteiger partial charge in [0.25, 0.3) is 0 Å². The monoisotopic (exact) mass is 402 g/mol. The van der Waals surface area contributed by atoms with Crippen molar-refractivity contribution in [3.8, 4) is 5.75 Å². The Morgan fingerprint density at radius 3 is 2.87 bits per heavy atom. The van der Waals surface area contributed by atoms with Crippen LogP contribution in [-0.2, 0) is 19.3 Å². The van der Waals surface area contributed by atoms with Crippen molar-refractivity contribution in [3.05, 3.63) is 77.2 Å². The highest BCUT2D eigenvalue weighted by atomic mass is 16.5. The van der Waals surface area contributed by atoms with E-state index in [2.05, 4.69) is 52.9 Å². The van der Waals surface area contributed by atoms with Crippen molar-refractivity contribution in [2.75, 3.05) is 26.7 Å². The van der Waals surface area contributed by atoms with Crippen LogP contribution in [0, 0.1) is 11.8 Å². The number of likely N-dealkylation sites (tertiary alicyclic amines) is 1. The van der Waals surface area contributed by atoms with Crippen molar-refractivity contribution < 1.29 is 9.84 Å². The van der Waals surface area contributed by atoms with Crippen LogP contribution in [0.2, 0.25) is 0 Å². The van der Waals surface area contributed by atoms with Gasteiger partial charge in [-0.2, -0.15) is 0 Å². The van der Waals surface area contributed by atoms with Crippen LogP contribution in [0.25, 0.3) is 10.9 Å². The van der Waals surface area contributed by atoms with Crippen LogP contribution >= 0.6 is 0 Å². The molecule has 1 saturated heterocycles. The Kier molecular flexibility index (Phi) is 5.03. The predicted molar refractivity (Wildman–Crippen MR) is 121 cm³/mol. The lowest BCUT2D eigenvalue weighted by Gasteiger charge is -2.41. The highest BCUT2D eigenvalue weighted by Gasteiger charge is 2.35. The highest BCUT2D eigenvalue weighted by molar-refractivity contribution is 5.85. The first-order valence-corrected chi connectivity index (χ1v) is 10.9. The van der Waals surface area contributed by atoms with Gasteiger partial charge in [0.1, 0.15) is 5.75 Å². The van der Waals surface area contributed by atoms with E-state index in [0.717, 1.165) is 44.0 Å². The van der Waals surface area contributed by atoms with Crippen molar-refractivity contribution in [2.24, 2.45) is 11.8 Å². The van der Waals surface area contributed by atoms with Gasteiger partial charge < -0.3 is 14.8 Å². The average molecular weight is 403 g/mol. The van der Waals surface area contributed by atoms with Crippen molar-refractivity contribution in [2.45, 2.75) is 25.7 Å². The average Bonchev–Trinajstić information content (AvgIpc) is 3.08. The molecule has 0 saturated carbocycles. The van der Waals surface area contributed by atoms with E-state index in [1.54, 1.807) is 7.11 Å². The molecule has 3 aromatic rings. The molecule has 4 heteroatoms. The molecule has 1 fully saturated rings. The summed E-state index contributed by atoms with van der Waals surface area (Å²) < 4.78 is 5.38. The fourth-order valence-electron chi connectivity index (χ4n) is 5.47. The number of hydrogen-bond acceptors (Lipinski definition) is 3. The van der Waals surface area contributed by atoms with Gasteiger partial charge in [-0.1, -0.05) is 24.8 Å². The van der Waals surface area contributed by atoms with Gasteiger partial charge in [-0.05, 0) is 85.0 Å². The number of H-pyrrole nitrogens is 1. The second kappa shape index (κ2) is 7.84. The van der Waals surface area contributed by atoms with Crippen LogP contribution < -0.4 is 4.74 Å². The molecular weight excluding hydrogens is 372 g/mol.